The number of H-pyrrole nitrogens is 1. The molecule has 1 unspecified atom stereocenters. The largest absolute Gasteiger partial charge is 0.393 e. The Morgan fingerprint density at radius 2 is 2.21 bits per heavy atom. The Kier molecular flexibility index (Phi) is 4.47. The molecule has 132 valence electrons. The van der Waals surface area contributed by atoms with E-state index in [0.717, 1.165) is 11.3 Å². The van der Waals surface area contributed by atoms with Crippen molar-refractivity contribution in [2.75, 3.05) is 5.73 Å². The van der Waals surface area contributed by atoms with E-state index in [0.29, 0.717) is 12.8 Å². The molecule has 3 rings (SSSR count). The average Bonchev–Trinajstić information content (AvgIpc) is 3.07. The van der Waals surface area contributed by atoms with E-state index in [1.807, 2.05) is 6.92 Å². The van der Waals surface area contributed by atoms with Crippen LogP contribution in [0.15, 0.2) is 9.59 Å². The lowest BCUT2D eigenvalue weighted by Gasteiger charge is -2.22. The van der Waals surface area contributed by atoms with Gasteiger partial charge in [0.25, 0.3) is 5.56 Å². The summed E-state index contributed by atoms with van der Waals surface area (Å²) in [5.41, 5.74) is 5.23. The first-order chi connectivity index (χ1) is 11.3. The van der Waals surface area contributed by atoms with E-state index in [1.54, 1.807) is 6.92 Å². The van der Waals surface area contributed by atoms with Crippen molar-refractivity contribution in [1.29, 1.82) is 0 Å². The molecule has 1 aliphatic heterocycles. The molecular weight excluding hydrogens is 336 g/mol. The fourth-order valence-electron chi connectivity index (χ4n) is 3.09. The number of anilines is 1. The molecule has 1 aliphatic rings. The second-order valence-electron chi connectivity index (χ2n) is 6.02. The van der Waals surface area contributed by atoms with Gasteiger partial charge in [-0.15, -0.1) is 0 Å². The highest BCUT2D eigenvalue weighted by Gasteiger charge is 2.43. The summed E-state index contributed by atoms with van der Waals surface area (Å²) in [5, 5.41) is 20.1. The third kappa shape index (κ3) is 2.75. The van der Waals surface area contributed by atoms with Gasteiger partial charge in [-0.3, -0.25) is 19.1 Å². The summed E-state index contributed by atoms with van der Waals surface area (Å²) >= 11 is 0.752. The Hall–Kier alpha value is -1.75. The van der Waals surface area contributed by atoms with Crippen LogP contribution < -0.4 is 16.2 Å². The number of nitrogens with two attached hydrogens (primary N) is 1. The number of thiazole rings is 1. The van der Waals surface area contributed by atoms with Crippen molar-refractivity contribution in [3.63, 3.8) is 0 Å². The number of hydrogen-bond donors (Lipinski definition) is 4. The summed E-state index contributed by atoms with van der Waals surface area (Å²) in [5.74, 6) is -0.509. The van der Waals surface area contributed by atoms with Crippen molar-refractivity contribution < 1.29 is 14.9 Å². The quantitative estimate of drug-likeness (QED) is 0.593. The second-order valence-corrected chi connectivity index (χ2v) is 6.98. The minimum absolute atomic E-state index is 0.101. The molecule has 0 spiro atoms. The fourth-order valence-corrected chi connectivity index (χ4v) is 3.93. The van der Waals surface area contributed by atoms with E-state index in [9.17, 15) is 19.8 Å². The van der Waals surface area contributed by atoms with E-state index >= 15 is 0 Å². The smallest absolute Gasteiger partial charge is 0.311 e. The molecule has 5 N–H and O–H groups in total. The minimum atomic E-state index is -0.814. The zero-order valence-electron chi connectivity index (χ0n) is 13.3. The Labute approximate surface area is 140 Å². The predicted molar refractivity (Wildman–Crippen MR) is 88.9 cm³/mol. The van der Waals surface area contributed by atoms with Crippen LogP contribution in [0.5, 0.6) is 0 Å². The van der Waals surface area contributed by atoms with Crippen LogP contribution in [0.25, 0.3) is 10.3 Å². The van der Waals surface area contributed by atoms with Crippen molar-refractivity contribution in [2.24, 2.45) is 5.92 Å². The Bertz CT molecular complexity index is 857. The summed E-state index contributed by atoms with van der Waals surface area (Å²) in [6, 6.07) is 0. The standard InChI is InChI=1S/C14H20N4O5S/c1-3-7(20)8-4-6(5(2)19)12(23-8)18-10-9(24-14(18)22)11(21)17-13(15)16-10/h5-8,12,19-20H,3-4H2,1-2H3,(H3,15,16,17,21)/t5?,6-,7-,8-,12+/m0/s1. The molecule has 5 atom stereocenters. The van der Waals surface area contributed by atoms with Gasteiger partial charge in [0.15, 0.2) is 5.65 Å². The minimum Gasteiger partial charge on any atom is -0.393 e. The van der Waals surface area contributed by atoms with Crippen LogP contribution >= 0.6 is 11.3 Å². The Balaban J connectivity index is 2.13. The van der Waals surface area contributed by atoms with Gasteiger partial charge >= 0.3 is 4.87 Å². The van der Waals surface area contributed by atoms with Gasteiger partial charge in [0.1, 0.15) is 10.9 Å². The highest BCUT2D eigenvalue weighted by molar-refractivity contribution is 7.16. The van der Waals surface area contributed by atoms with Crippen LogP contribution in [-0.4, -0.2) is 43.1 Å². The summed E-state index contributed by atoms with van der Waals surface area (Å²) in [4.78, 5) is 30.4. The van der Waals surface area contributed by atoms with Crippen molar-refractivity contribution in [3.05, 3.63) is 20.0 Å². The van der Waals surface area contributed by atoms with Gasteiger partial charge in [-0.25, -0.2) is 0 Å². The number of nitrogens with one attached hydrogen (secondary N) is 1. The number of ether oxygens (including phenoxy) is 1. The molecule has 0 radical (unpaired) electrons. The highest BCUT2D eigenvalue weighted by atomic mass is 32.1. The molecule has 1 fully saturated rings. The molecule has 0 aromatic carbocycles. The van der Waals surface area contributed by atoms with E-state index in [1.165, 1.54) is 4.57 Å². The number of nitrogen functional groups attached to an aromatic ring is 1. The van der Waals surface area contributed by atoms with E-state index in [4.69, 9.17) is 10.5 Å². The molecule has 24 heavy (non-hydrogen) atoms. The normalized spacial score (nSPS) is 26.8. The molecule has 3 heterocycles. The first-order valence-corrected chi connectivity index (χ1v) is 8.57. The number of rotatable bonds is 4. The molecule has 1 saturated heterocycles. The van der Waals surface area contributed by atoms with Crippen molar-refractivity contribution in [3.8, 4) is 0 Å². The molecule has 2 aromatic heterocycles. The third-order valence-electron chi connectivity index (χ3n) is 4.40. The molecule has 2 aromatic rings. The fraction of sp³-hybridized carbons (Fsp3) is 0.643. The number of aromatic amines is 1. The van der Waals surface area contributed by atoms with Crippen LogP contribution in [0, 0.1) is 5.92 Å². The van der Waals surface area contributed by atoms with E-state index in [2.05, 4.69) is 9.97 Å². The van der Waals surface area contributed by atoms with Crippen LogP contribution in [0.1, 0.15) is 32.9 Å². The van der Waals surface area contributed by atoms with Crippen LogP contribution in [0.3, 0.4) is 0 Å². The lowest BCUT2D eigenvalue weighted by molar-refractivity contribution is -0.0733. The van der Waals surface area contributed by atoms with Gasteiger partial charge < -0.3 is 20.7 Å². The molecule has 0 amide bonds. The molecule has 10 heteroatoms. The lowest BCUT2D eigenvalue weighted by Crippen LogP contribution is -2.30. The zero-order chi connectivity index (χ0) is 17.6. The monoisotopic (exact) mass is 356 g/mol. The third-order valence-corrected chi connectivity index (χ3v) is 5.34. The first kappa shape index (κ1) is 17.1. The van der Waals surface area contributed by atoms with Gasteiger partial charge in [0.2, 0.25) is 5.95 Å². The molecule has 0 bridgehead atoms. The van der Waals surface area contributed by atoms with Gasteiger partial charge in [0.05, 0.1) is 18.3 Å². The van der Waals surface area contributed by atoms with Crippen molar-refractivity contribution in [1.82, 2.24) is 14.5 Å². The molecule has 9 nitrogen and oxygen atoms in total. The van der Waals surface area contributed by atoms with Crippen LogP contribution in [0.4, 0.5) is 5.95 Å². The van der Waals surface area contributed by atoms with Crippen molar-refractivity contribution in [2.45, 2.75) is 51.2 Å². The Morgan fingerprint density at radius 1 is 1.50 bits per heavy atom. The Morgan fingerprint density at radius 3 is 2.83 bits per heavy atom. The van der Waals surface area contributed by atoms with Gasteiger partial charge in [-0.05, 0) is 19.8 Å². The summed E-state index contributed by atoms with van der Waals surface area (Å²) in [6.07, 6.45) is -1.87. The predicted octanol–water partition coefficient (Wildman–Crippen LogP) is -0.216. The average molecular weight is 356 g/mol. The number of hydrogen-bond acceptors (Lipinski definition) is 8. The number of aromatic nitrogens is 3. The highest BCUT2D eigenvalue weighted by Crippen LogP contribution is 2.39. The first-order valence-electron chi connectivity index (χ1n) is 7.75. The van der Waals surface area contributed by atoms with Crippen molar-refractivity contribution >= 4 is 27.6 Å². The summed E-state index contributed by atoms with van der Waals surface area (Å²) in [7, 11) is 0. The SMILES string of the molecule is CC[C@H](O)[C@@H]1C[C@@H](C(C)O)[C@H](n2c(=O)sc3c(=O)[nH]c(N)nc32)O1. The molecule has 0 aliphatic carbocycles. The summed E-state index contributed by atoms with van der Waals surface area (Å²) in [6.45, 7) is 3.43. The second kappa shape index (κ2) is 6.28. The van der Waals surface area contributed by atoms with Gasteiger partial charge in [-0.2, -0.15) is 4.98 Å². The van der Waals surface area contributed by atoms with Crippen LogP contribution in [-0.2, 0) is 4.74 Å². The number of aliphatic hydroxyl groups excluding tert-OH is 2. The maximum Gasteiger partial charge on any atom is 0.311 e. The maximum atomic E-state index is 12.4. The number of nitrogens with zero attached hydrogens (tertiary/aromatic N) is 2. The molecule has 0 saturated carbocycles. The lowest BCUT2D eigenvalue weighted by atomic mass is 9.95. The number of fused-ring (bicyclic) bond motifs is 1. The van der Waals surface area contributed by atoms with Crippen LogP contribution in [0.2, 0.25) is 0 Å². The molecular formula is C14H20N4O5S. The van der Waals surface area contributed by atoms with E-state index in [-0.39, 0.29) is 16.3 Å². The zero-order valence-corrected chi connectivity index (χ0v) is 14.1. The van der Waals surface area contributed by atoms with E-state index < -0.39 is 40.9 Å². The topological polar surface area (TPSA) is 143 Å². The maximum absolute atomic E-state index is 12.4. The van der Waals surface area contributed by atoms with Gasteiger partial charge in [0, 0.05) is 5.92 Å². The van der Waals surface area contributed by atoms with Gasteiger partial charge in [-0.1, -0.05) is 18.3 Å². The number of aliphatic hydroxyl groups is 2. The summed E-state index contributed by atoms with van der Waals surface area (Å²) < 4.78 is 7.28.